The van der Waals surface area contributed by atoms with Crippen molar-refractivity contribution in [2.24, 2.45) is 0 Å². The molecule has 1 saturated heterocycles. The third kappa shape index (κ3) is 2.68. The first kappa shape index (κ1) is 12.1. The number of nitrogen functional groups attached to an aromatic ring is 1. The molecule has 4 nitrogen and oxygen atoms in total. The van der Waals surface area contributed by atoms with Crippen LogP contribution in [0.25, 0.3) is 0 Å². The van der Waals surface area contributed by atoms with Gasteiger partial charge in [0.25, 0.3) is 0 Å². The van der Waals surface area contributed by atoms with Crippen LogP contribution in [0, 0.1) is 6.92 Å². The molecule has 4 heteroatoms. The highest BCUT2D eigenvalue weighted by Crippen LogP contribution is 2.28. The molecule has 1 atom stereocenters. The molecule has 17 heavy (non-hydrogen) atoms. The number of hydrogen-bond acceptors (Lipinski definition) is 4. The fraction of sp³-hybridized carbons (Fsp3) is 0.692. The van der Waals surface area contributed by atoms with Crippen LogP contribution in [0.2, 0.25) is 0 Å². The van der Waals surface area contributed by atoms with Gasteiger partial charge in [-0.15, -0.1) is 0 Å². The van der Waals surface area contributed by atoms with Crippen molar-refractivity contribution >= 4 is 11.8 Å². The fourth-order valence-electron chi connectivity index (χ4n) is 2.65. The molecule has 1 fully saturated rings. The monoisotopic (exact) mass is 234 g/mol. The highest BCUT2D eigenvalue weighted by atomic mass is 15.2. The third-order valence-corrected chi connectivity index (χ3v) is 3.48. The van der Waals surface area contributed by atoms with Crippen molar-refractivity contribution in [1.29, 1.82) is 0 Å². The van der Waals surface area contributed by atoms with Gasteiger partial charge in [-0.1, -0.05) is 13.3 Å². The van der Waals surface area contributed by atoms with E-state index >= 15 is 0 Å². The molecular formula is C13H22N4. The SMILES string of the molecule is CCCC1CCCCN1c1nc(N)ncc1C. The van der Waals surface area contributed by atoms with E-state index in [0.717, 1.165) is 17.9 Å². The van der Waals surface area contributed by atoms with Gasteiger partial charge in [0.1, 0.15) is 5.82 Å². The highest BCUT2D eigenvalue weighted by molar-refractivity contribution is 5.49. The zero-order valence-electron chi connectivity index (χ0n) is 10.8. The lowest BCUT2D eigenvalue weighted by atomic mass is 9.98. The Morgan fingerprint density at radius 3 is 3.06 bits per heavy atom. The largest absolute Gasteiger partial charge is 0.368 e. The second-order valence-electron chi connectivity index (χ2n) is 4.87. The zero-order chi connectivity index (χ0) is 12.3. The Bertz CT molecular complexity index is 376. The molecule has 0 aromatic carbocycles. The summed E-state index contributed by atoms with van der Waals surface area (Å²) >= 11 is 0. The molecule has 1 unspecified atom stereocenters. The summed E-state index contributed by atoms with van der Waals surface area (Å²) in [6.07, 6.45) is 8.15. The van der Waals surface area contributed by atoms with Gasteiger partial charge in [0.05, 0.1) is 0 Å². The Kier molecular flexibility index (Phi) is 3.82. The number of piperidine rings is 1. The number of anilines is 2. The lowest BCUT2D eigenvalue weighted by molar-refractivity contribution is 0.431. The summed E-state index contributed by atoms with van der Waals surface area (Å²) in [5.74, 6) is 1.42. The molecule has 0 amide bonds. The Morgan fingerprint density at radius 2 is 2.29 bits per heavy atom. The van der Waals surface area contributed by atoms with E-state index in [2.05, 4.69) is 28.7 Å². The summed E-state index contributed by atoms with van der Waals surface area (Å²) in [4.78, 5) is 10.9. The van der Waals surface area contributed by atoms with E-state index in [1.165, 1.54) is 32.1 Å². The van der Waals surface area contributed by atoms with E-state index in [1.807, 2.05) is 6.20 Å². The van der Waals surface area contributed by atoms with Crippen molar-refractivity contribution in [3.05, 3.63) is 11.8 Å². The number of aryl methyl sites for hydroxylation is 1. The molecular weight excluding hydrogens is 212 g/mol. The molecule has 2 N–H and O–H groups in total. The molecule has 0 aliphatic carbocycles. The normalized spacial score (nSPS) is 20.6. The van der Waals surface area contributed by atoms with Crippen LogP contribution in [-0.4, -0.2) is 22.6 Å². The number of hydrogen-bond donors (Lipinski definition) is 1. The van der Waals surface area contributed by atoms with Gasteiger partial charge in [-0.05, 0) is 32.6 Å². The topological polar surface area (TPSA) is 55.0 Å². The van der Waals surface area contributed by atoms with Gasteiger partial charge < -0.3 is 10.6 Å². The van der Waals surface area contributed by atoms with Gasteiger partial charge >= 0.3 is 0 Å². The minimum Gasteiger partial charge on any atom is -0.368 e. The maximum Gasteiger partial charge on any atom is 0.221 e. The van der Waals surface area contributed by atoms with Crippen molar-refractivity contribution in [1.82, 2.24) is 9.97 Å². The van der Waals surface area contributed by atoms with E-state index in [1.54, 1.807) is 0 Å². The van der Waals surface area contributed by atoms with Crippen LogP contribution < -0.4 is 10.6 Å². The van der Waals surface area contributed by atoms with Gasteiger partial charge in [0, 0.05) is 24.3 Å². The van der Waals surface area contributed by atoms with Gasteiger partial charge in [-0.25, -0.2) is 4.98 Å². The second kappa shape index (κ2) is 5.34. The molecule has 0 saturated carbocycles. The molecule has 0 bridgehead atoms. The first-order valence-electron chi connectivity index (χ1n) is 6.58. The average Bonchev–Trinajstić information content (AvgIpc) is 2.34. The zero-order valence-corrected chi connectivity index (χ0v) is 10.8. The highest BCUT2D eigenvalue weighted by Gasteiger charge is 2.24. The molecule has 1 aromatic rings. The van der Waals surface area contributed by atoms with Crippen LogP contribution in [0.1, 0.15) is 44.6 Å². The Balaban J connectivity index is 2.25. The van der Waals surface area contributed by atoms with Crippen molar-refractivity contribution in [2.45, 2.75) is 52.0 Å². The van der Waals surface area contributed by atoms with Crippen LogP contribution in [0.3, 0.4) is 0 Å². The Labute approximate surface area is 103 Å². The smallest absolute Gasteiger partial charge is 0.221 e. The summed E-state index contributed by atoms with van der Waals surface area (Å²) in [7, 11) is 0. The summed E-state index contributed by atoms with van der Waals surface area (Å²) in [6.45, 7) is 5.41. The summed E-state index contributed by atoms with van der Waals surface area (Å²) in [6, 6.07) is 0.627. The van der Waals surface area contributed by atoms with Crippen LogP contribution in [0.15, 0.2) is 6.20 Å². The van der Waals surface area contributed by atoms with Crippen molar-refractivity contribution < 1.29 is 0 Å². The summed E-state index contributed by atoms with van der Waals surface area (Å²) < 4.78 is 0. The van der Waals surface area contributed by atoms with Gasteiger partial charge in [0.2, 0.25) is 5.95 Å². The maximum atomic E-state index is 5.70. The van der Waals surface area contributed by atoms with Gasteiger partial charge in [-0.3, -0.25) is 0 Å². The molecule has 1 aromatic heterocycles. The van der Waals surface area contributed by atoms with Gasteiger partial charge in [0.15, 0.2) is 0 Å². The number of nitrogens with zero attached hydrogens (tertiary/aromatic N) is 3. The summed E-state index contributed by atoms with van der Waals surface area (Å²) in [5, 5.41) is 0. The molecule has 2 heterocycles. The van der Waals surface area contributed by atoms with Crippen LogP contribution >= 0.6 is 0 Å². The third-order valence-electron chi connectivity index (χ3n) is 3.48. The molecule has 2 rings (SSSR count). The molecule has 0 spiro atoms. The lowest BCUT2D eigenvalue weighted by Gasteiger charge is -2.37. The predicted molar refractivity (Wildman–Crippen MR) is 71.1 cm³/mol. The van der Waals surface area contributed by atoms with E-state index < -0.39 is 0 Å². The van der Waals surface area contributed by atoms with Crippen LogP contribution in [0.5, 0.6) is 0 Å². The standard InChI is InChI=1S/C13H22N4/c1-3-6-11-7-4-5-8-17(11)12-10(2)9-15-13(14)16-12/h9,11H,3-8H2,1-2H3,(H2,14,15,16). The Morgan fingerprint density at radius 1 is 1.47 bits per heavy atom. The predicted octanol–water partition coefficient (Wildman–Crippen LogP) is 2.53. The molecule has 1 aliphatic heterocycles. The first-order valence-corrected chi connectivity index (χ1v) is 6.58. The van der Waals surface area contributed by atoms with Crippen molar-refractivity contribution in [3.63, 3.8) is 0 Å². The number of aromatic nitrogens is 2. The van der Waals surface area contributed by atoms with E-state index in [4.69, 9.17) is 5.73 Å². The minimum absolute atomic E-state index is 0.381. The lowest BCUT2D eigenvalue weighted by Crippen LogP contribution is -2.40. The fourth-order valence-corrected chi connectivity index (χ4v) is 2.65. The van der Waals surface area contributed by atoms with Crippen molar-refractivity contribution in [2.75, 3.05) is 17.2 Å². The minimum atomic E-state index is 0.381. The average molecular weight is 234 g/mol. The van der Waals surface area contributed by atoms with E-state index in [9.17, 15) is 0 Å². The quantitative estimate of drug-likeness (QED) is 0.873. The molecule has 1 aliphatic rings. The van der Waals surface area contributed by atoms with Crippen LogP contribution in [0.4, 0.5) is 11.8 Å². The van der Waals surface area contributed by atoms with E-state index in [0.29, 0.717) is 12.0 Å². The van der Waals surface area contributed by atoms with Gasteiger partial charge in [-0.2, -0.15) is 4.98 Å². The van der Waals surface area contributed by atoms with Crippen molar-refractivity contribution in [3.8, 4) is 0 Å². The number of rotatable bonds is 3. The van der Waals surface area contributed by atoms with E-state index in [-0.39, 0.29) is 0 Å². The first-order chi connectivity index (χ1) is 8.22. The second-order valence-corrected chi connectivity index (χ2v) is 4.87. The maximum absolute atomic E-state index is 5.70. The number of nitrogens with two attached hydrogens (primary N) is 1. The Hall–Kier alpha value is -1.32. The molecule has 94 valence electrons. The molecule has 0 radical (unpaired) electrons. The van der Waals surface area contributed by atoms with Crippen LogP contribution in [-0.2, 0) is 0 Å². The summed E-state index contributed by atoms with van der Waals surface area (Å²) in [5.41, 5.74) is 6.83.